The predicted octanol–water partition coefficient (Wildman–Crippen LogP) is 2.45. The Bertz CT molecular complexity index is 871. The number of hydrogen-bond acceptors (Lipinski definition) is 5. The standard InChI is InChI=1S/C18H21N5O2S/c24-17(14-4-3-11-26-14)13-6-9-22(10-7-13)18(25)19-12-16-21-20-15-5-1-2-8-23(15)16/h1-5,8,11,13,17,24H,6-7,9-10,12H2,(H,19,25)/t17-/m1/s1. The molecule has 0 unspecified atom stereocenters. The monoisotopic (exact) mass is 371 g/mol. The molecule has 1 aliphatic rings. The summed E-state index contributed by atoms with van der Waals surface area (Å²) in [5.74, 6) is 0.912. The number of carbonyl (C=O) groups is 1. The number of amides is 2. The first-order chi connectivity index (χ1) is 12.7. The highest BCUT2D eigenvalue weighted by Gasteiger charge is 2.28. The summed E-state index contributed by atoms with van der Waals surface area (Å²) in [5, 5.41) is 23.6. The minimum Gasteiger partial charge on any atom is -0.387 e. The molecule has 1 saturated heterocycles. The van der Waals surface area contributed by atoms with Gasteiger partial charge >= 0.3 is 6.03 Å². The molecule has 7 nitrogen and oxygen atoms in total. The second-order valence-corrected chi connectivity index (χ2v) is 7.47. The molecule has 0 bridgehead atoms. The maximum absolute atomic E-state index is 12.4. The summed E-state index contributed by atoms with van der Waals surface area (Å²) in [7, 11) is 0. The molecule has 8 heteroatoms. The Labute approximate surface area is 155 Å². The van der Waals surface area contributed by atoms with Crippen molar-refractivity contribution < 1.29 is 9.90 Å². The quantitative estimate of drug-likeness (QED) is 0.738. The minimum atomic E-state index is -0.428. The van der Waals surface area contributed by atoms with Crippen molar-refractivity contribution in [3.63, 3.8) is 0 Å². The van der Waals surface area contributed by atoms with Gasteiger partial charge in [0.1, 0.15) is 0 Å². The number of aliphatic hydroxyl groups excluding tert-OH is 1. The molecule has 1 fully saturated rings. The summed E-state index contributed by atoms with van der Waals surface area (Å²) in [5.41, 5.74) is 0.764. The molecule has 0 spiro atoms. The molecular formula is C18H21N5O2S. The number of carbonyl (C=O) groups excluding carboxylic acids is 1. The second kappa shape index (κ2) is 7.43. The van der Waals surface area contributed by atoms with Gasteiger partial charge in [0.2, 0.25) is 0 Å². The number of hydrogen-bond donors (Lipinski definition) is 2. The number of rotatable bonds is 4. The highest BCUT2D eigenvalue weighted by molar-refractivity contribution is 7.10. The molecule has 136 valence electrons. The summed E-state index contributed by atoms with van der Waals surface area (Å²) in [6.07, 6.45) is 3.07. The second-order valence-electron chi connectivity index (χ2n) is 6.49. The highest BCUT2D eigenvalue weighted by atomic mass is 32.1. The van der Waals surface area contributed by atoms with E-state index in [2.05, 4.69) is 15.5 Å². The minimum absolute atomic E-state index is 0.0956. The van der Waals surface area contributed by atoms with Crippen LogP contribution in [0.25, 0.3) is 5.65 Å². The van der Waals surface area contributed by atoms with E-state index < -0.39 is 6.10 Å². The summed E-state index contributed by atoms with van der Waals surface area (Å²) in [6, 6.07) is 9.52. The van der Waals surface area contributed by atoms with Crippen LogP contribution in [0.1, 0.15) is 29.6 Å². The molecule has 0 aliphatic carbocycles. The van der Waals surface area contributed by atoms with E-state index in [0.717, 1.165) is 23.4 Å². The molecule has 2 N–H and O–H groups in total. The molecule has 0 radical (unpaired) electrons. The molecule has 3 aromatic rings. The Hall–Kier alpha value is -2.45. The lowest BCUT2D eigenvalue weighted by atomic mass is 9.90. The van der Waals surface area contributed by atoms with E-state index in [1.807, 2.05) is 46.3 Å². The molecule has 0 saturated carbocycles. The third-order valence-corrected chi connectivity index (χ3v) is 5.83. The number of nitrogens with one attached hydrogen (secondary N) is 1. The Morgan fingerprint density at radius 1 is 1.27 bits per heavy atom. The van der Waals surface area contributed by atoms with Crippen molar-refractivity contribution in [2.75, 3.05) is 13.1 Å². The zero-order valence-electron chi connectivity index (χ0n) is 14.3. The van der Waals surface area contributed by atoms with E-state index in [-0.39, 0.29) is 11.9 Å². The van der Waals surface area contributed by atoms with Crippen molar-refractivity contribution in [2.24, 2.45) is 5.92 Å². The lowest BCUT2D eigenvalue weighted by Gasteiger charge is -2.33. The number of aliphatic hydroxyl groups is 1. The van der Waals surface area contributed by atoms with Gasteiger partial charge in [0.05, 0.1) is 12.6 Å². The summed E-state index contributed by atoms with van der Waals surface area (Å²) in [4.78, 5) is 15.2. The third kappa shape index (κ3) is 3.42. The van der Waals surface area contributed by atoms with Crippen LogP contribution >= 0.6 is 11.3 Å². The van der Waals surface area contributed by atoms with E-state index in [9.17, 15) is 9.90 Å². The molecule has 1 atom stereocenters. The first-order valence-corrected chi connectivity index (χ1v) is 9.63. The van der Waals surface area contributed by atoms with Gasteiger partial charge in [-0.1, -0.05) is 12.1 Å². The predicted molar refractivity (Wildman–Crippen MR) is 98.8 cm³/mol. The van der Waals surface area contributed by atoms with Crippen LogP contribution in [0.3, 0.4) is 0 Å². The molecular weight excluding hydrogens is 350 g/mol. The van der Waals surface area contributed by atoms with Crippen LogP contribution in [0.4, 0.5) is 4.79 Å². The Morgan fingerprint density at radius 2 is 2.12 bits per heavy atom. The zero-order chi connectivity index (χ0) is 17.9. The Morgan fingerprint density at radius 3 is 2.88 bits per heavy atom. The number of aromatic nitrogens is 3. The van der Waals surface area contributed by atoms with Gasteiger partial charge in [0.25, 0.3) is 0 Å². The molecule has 2 amide bonds. The van der Waals surface area contributed by atoms with Gasteiger partial charge in [0, 0.05) is 24.2 Å². The molecule has 1 aliphatic heterocycles. The topological polar surface area (TPSA) is 82.8 Å². The number of fused-ring (bicyclic) bond motifs is 1. The fourth-order valence-electron chi connectivity index (χ4n) is 3.39. The van der Waals surface area contributed by atoms with Crippen molar-refractivity contribution in [2.45, 2.75) is 25.5 Å². The number of thiophene rings is 1. The maximum atomic E-state index is 12.4. The smallest absolute Gasteiger partial charge is 0.317 e. The molecule has 26 heavy (non-hydrogen) atoms. The van der Waals surface area contributed by atoms with E-state index >= 15 is 0 Å². The third-order valence-electron chi connectivity index (χ3n) is 4.89. The van der Waals surface area contributed by atoms with Crippen LogP contribution in [0, 0.1) is 5.92 Å². The highest BCUT2D eigenvalue weighted by Crippen LogP contribution is 2.32. The van der Waals surface area contributed by atoms with E-state index in [1.54, 1.807) is 16.2 Å². The number of nitrogens with zero attached hydrogens (tertiary/aromatic N) is 4. The average Bonchev–Trinajstić information content (AvgIpc) is 3.36. The van der Waals surface area contributed by atoms with Gasteiger partial charge in [-0.25, -0.2) is 4.79 Å². The maximum Gasteiger partial charge on any atom is 0.317 e. The average molecular weight is 371 g/mol. The largest absolute Gasteiger partial charge is 0.387 e. The van der Waals surface area contributed by atoms with E-state index in [4.69, 9.17) is 0 Å². The van der Waals surface area contributed by atoms with Crippen LogP contribution in [-0.4, -0.2) is 43.7 Å². The van der Waals surface area contributed by atoms with Crippen molar-refractivity contribution >= 4 is 23.0 Å². The fourth-order valence-corrected chi connectivity index (χ4v) is 4.19. The van der Waals surface area contributed by atoms with Crippen LogP contribution in [0.2, 0.25) is 0 Å². The van der Waals surface area contributed by atoms with Crippen molar-refractivity contribution in [3.05, 3.63) is 52.6 Å². The molecule has 4 rings (SSSR count). The summed E-state index contributed by atoms with van der Waals surface area (Å²) >= 11 is 1.58. The lowest BCUT2D eigenvalue weighted by Crippen LogP contribution is -2.45. The van der Waals surface area contributed by atoms with Gasteiger partial charge in [-0.2, -0.15) is 0 Å². The number of urea groups is 1. The summed E-state index contributed by atoms with van der Waals surface area (Å²) in [6.45, 7) is 1.64. The van der Waals surface area contributed by atoms with Crippen LogP contribution in [-0.2, 0) is 6.54 Å². The van der Waals surface area contributed by atoms with E-state index in [0.29, 0.717) is 25.5 Å². The summed E-state index contributed by atoms with van der Waals surface area (Å²) < 4.78 is 1.86. The lowest BCUT2D eigenvalue weighted by molar-refractivity contribution is 0.0689. The van der Waals surface area contributed by atoms with Crippen molar-refractivity contribution in [1.82, 2.24) is 24.8 Å². The van der Waals surface area contributed by atoms with Gasteiger partial charge < -0.3 is 15.3 Å². The molecule has 0 aromatic carbocycles. The van der Waals surface area contributed by atoms with Gasteiger partial charge in [-0.3, -0.25) is 4.40 Å². The van der Waals surface area contributed by atoms with Crippen LogP contribution in [0.15, 0.2) is 41.9 Å². The normalized spacial score (nSPS) is 16.7. The van der Waals surface area contributed by atoms with Gasteiger partial charge in [-0.05, 0) is 42.3 Å². The number of likely N-dealkylation sites (tertiary alicyclic amines) is 1. The first-order valence-electron chi connectivity index (χ1n) is 8.75. The van der Waals surface area contributed by atoms with Crippen LogP contribution in [0.5, 0.6) is 0 Å². The van der Waals surface area contributed by atoms with Crippen molar-refractivity contribution in [1.29, 1.82) is 0 Å². The SMILES string of the molecule is O=C(NCc1nnc2ccccn12)N1CCC([C@@H](O)c2cccs2)CC1. The molecule has 4 heterocycles. The van der Waals surface area contributed by atoms with Crippen molar-refractivity contribution in [3.8, 4) is 0 Å². The Balaban J connectivity index is 1.30. The van der Waals surface area contributed by atoms with Gasteiger partial charge in [0.15, 0.2) is 11.5 Å². The fraction of sp³-hybridized carbons (Fsp3) is 0.389. The number of piperidine rings is 1. The van der Waals surface area contributed by atoms with E-state index in [1.165, 1.54) is 0 Å². The zero-order valence-corrected chi connectivity index (χ0v) is 15.1. The Kier molecular flexibility index (Phi) is 4.85. The van der Waals surface area contributed by atoms with Gasteiger partial charge in [-0.15, -0.1) is 21.5 Å². The van der Waals surface area contributed by atoms with Crippen LogP contribution < -0.4 is 5.32 Å². The number of pyridine rings is 1. The molecule has 3 aromatic heterocycles. The first kappa shape index (κ1) is 17.0.